The van der Waals surface area contributed by atoms with E-state index in [0.29, 0.717) is 0 Å². The van der Waals surface area contributed by atoms with Gasteiger partial charge in [-0.05, 0) is 17.0 Å². The van der Waals surface area contributed by atoms with E-state index in [2.05, 4.69) is 45.6 Å². The monoisotopic (exact) mass is 240 g/mol. The molecule has 0 N–H and O–H groups in total. The van der Waals surface area contributed by atoms with E-state index in [1.165, 1.54) is 16.1 Å². The zero-order valence-electron chi connectivity index (χ0n) is 9.28. The molecule has 1 aliphatic heterocycles. The fraction of sp³-hybridized carbons (Fsp3) is 0.0714. The average molecular weight is 240 g/mol. The van der Waals surface area contributed by atoms with Crippen molar-refractivity contribution in [1.29, 1.82) is 0 Å². The van der Waals surface area contributed by atoms with Crippen LogP contribution < -0.4 is 4.90 Å². The molecule has 3 heteroatoms. The second-order valence-corrected chi connectivity index (χ2v) is 4.81. The number of rotatable bonds is 2. The van der Waals surface area contributed by atoms with Crippen molar-refractivity contribution in [2.45, 2.75) is 6.54 Å². The van der Waals surface area contributed by atoms with Crippen molar-refractivity contribution < 1.29 is 0 Å². The lowest BCUT2D eigenvalue weighted by Gasteiger charge is -2.19. The van der Waals surface area contributed by atoms with Crippen molar-refractivity contribution >= 4 is 23.2 Å². The van der Waals surface area contributed by atoms with Crippen LogP contribution in [0.25, 0.3) is 0 Å². The van der Waals surface area contributed by atoms with Crippen LogP contribution in [-0.2, 0) is 6.54 Å². The van der Waals surface area contributed by atoms with E-state index >= 15 is 0 Å². The first-order valence-corrected chi connectivity index (χ1v) is 6.39. The van der Waals surface area contributed by atoms with Gasteiger partial charge in [0.15, 0.2) is 0 Å². The molecule has 0 bridgehead atoms. The molecule has 1 aliphatic rings. The van der Waals surface area contributed by atoms with E-state index < -0.39 is 0 Å². The molecule has 0 spiro atoms. The van der Waals surface area contributed by atoms with Crippen LogP contribution in [0.4, 0.5) is 5.69 Å². The number of aliphatic imine (C=N–C) groups is 1. The number of anilines is 1. The quantitative estimate of drug-likeness (QED) is 0.782. The van der Waals surface area contributed by atoms with Gasteiger partial charge in [0.05, 0.1) is 10.6 Å². The maximum absolute atomic E-state index is 4.24. The van der Waals surface area contributed by atoms with Gasteiger partial charge in [0.25, 0.3) is 0 Å². The van der Waals surface area contributed by atoms with Crippen LogP contribution in [0.15, 0.2) is 59.2 Å². The fourth-order valence-corrected chi connectivity index (χ4v) is 2.65. The molecule has 0 fully saturated rings. The summed E-state index contributed by atoms with van der Waals surface area (Å²) < 4.78 is 0. The predicted molar refractivity (Wildman–Crippen MR) is 73.7 cm³/mol. The van der Waals surface area contributed by atoms with Crippen LogP contribution in [0, 0.1) is 0 Å². The van der Waals surface area contributed by atoms with Crippen LogP contribution in [0.3, 0.4) is 0 Å². The van der Waals surface area contributed by atoms with E-state index in [9.17, 15) is 0 Å². The SMILES string of the molecule is C1=CN(Cc2ccccc2)c2ccsc2C=N1. The third-order valence-corrected chi connectivity index (χ3v) is 3.54. The van der Waals surface area contributed by atoms with E-state index in [0.717, 1.165) is 6.54 Å². The molecule has 0 aliphatic carbocycles. The number of nitrogens with zero attached hydrogens (tertiary/aromatic N) is 2. The molecule has 0 atom stereocenters. The summed E-state index contributed by atoms with van der Waals surface area (Å²) in [6.07, 6.45) is 5.79. The Hall–Kier alpha value is -1.87. The summed E-state index contributed by atoms with van der Waals surface area (Å²) >= 11 is 1.72. The van der Waals surface area contributed by atoms with Crippen molar-refractivity contribution in [1.82, 2.24) is 0 Å². The summed E-state index contributed by atoms with van der Waals surface area (Å²) in [7, 11) is 0. The maximum atomic E-state index is 4.24. The van der Waals surface area contributed by atoms with Gasteiger partial charge >= 0.3 is 0 Å². The van der Waals surface area contributed by atoms with Gasteiger partial charge in [-0.25, -0.2) is 0 Å². The van der Waals surface area contributed by atoms with Crippen molar-refractivity contribution in [3.8, 4) is 0 Å². The number of thiophene rings is 1. The highest BCUT2D eigenvalue weighted by molar-refractivity contribution is 7.12. The molecule has 0 radical (unpaired) electrons. The van der Waals surface area contributed by atoms with Gasteiger partial charge in [0, 0.05) is 25.2 Å². The minimum atomic E-state index is 0.879. The molecule has 0 amide bonds. The van der Waals surface area contributed by atoms with Gasteiger partial charge in [-0.3, -0.25) is 4.99 Å². The van der Waals surface area contributed by atoms with Gasteiger partial charge in [-0.1, -0.05) is 30.3 Å². The summed E-state index contributed by atoms with van der Waals surface area (Å²) in [6.45, 7) is 0.879. The number of hydrogen-bond acceptors (Lipinski definition) is 3. The number of hydrogen-bond donors (Lipinski definition) is 0. The summed E-state index contributed by atoms with van der Waals surface area (Å²) in [4.78, 5) is 7.68. The second kappa shape index (κ2) is 4.55. The normalized spacial score (nSPS) is 13.5. The smallest absolute Gasteiger partial charge is 0.0690 e. The van der Waals surface area contributed by atoms with Gasteiger partial charge in [-0.2, -0.15) is 0 Å². The molecule has 1 aromatic carbocycles. The molecule has 0 saturated heterocycles. The average Bonchev–Trinajstić information content (AvgIpc) is 2.75. The highest BCUT2D eigenvalue weighted by atomic mass is 32.1. The Morgan fingerprint density at radius 2 is 2.00 bits per heavy atom. The van der Waals surface area contributed by atoms with Gasteiger partial charge < -0.3 is 4.90 Å². The van der Waals surface area contributed by atoms with Gasteiger partial charge in [0.2, 0.25) is 0 Å². The molecular weight excluding hydrogens is 228 g/mol. The Bertz CT molecular complexity index is 555. The van der Waals surface area contributed by atoms with Crippen LogP contribution in [0.2, 0.25) is 0 Å². The van der Waals surface area contributed by atoms with Crippen molar-refractivity contribution in [3.63, 3.8) is 0 Å². The molecule has 0 saturated carbocycles. The zero-order valence-corrected chi connectivity index (χ0v) is 10.1. The minimum Gasteiger partial charge on any atom is -0.341 e. The lowest BCUT2D eigenvalue weighted by molar-refractivity contribution is 0.969. The topological polar surface area (TPSA) is 15.6 Å². The second-order valence-electron chi connectivity index (χ2n) is 3.86. The van der Waals surface area contributed by atoms with E-state index in [-0.39, 0.29) is 0 Å². The molecule has 0 unspecified atom stereocenters. The maximum Gasteiger partial charge on any atom is 0.0690 e. The first-order chi connectivity index (χ1) is 8.43. The Kier molecular flexibility index (Phi) is 2.76. The third kappa shape index (κ3) is 2.15. The molecule has 84 valence electrons. The lowest BCUT2D eigenvalue weighted by Crippen LogP contribution is -2.15. The fourth-order valence-electron chi connectivity index (χ4n) is 1.88. The molecular formula is C14H12N2S. The highest BCUT2D eigenvalue weighted by Gasteiger charge is 2.11. The highest BCUT2D eigenvalue weighted by Crippen LogP contribution is 2.27. The zero-order chi connectivity index (χ0) is 11.5. The van der Waals surface area contributed by atoms with Crippen LogP contribution in [0.1, 0.15) is 10.4 Å². The van der Waals surface area contributed by atoms with Gasteiger partial charge in [0.1, 0.15) is 0 Å². The first-order valence-electron chi connectivity index (χ1n) is 5.51. The molecule has 3 rings (SSSR count). The van der Waals surface area contributed by atoms with E-state index in [4.69, 9.17) is 0 Å². The summed E-state index contributed by atoms with van der Waals surface area (Å²) in [5.41, 5.74) is 2.53. The van der Waals surface area contributed by atoms with Gasteiger partial charge in [-0.15, -0.1) is 11.3 Å². The third-order valence-electron chi connectivity index (χ3n) is 2.70. The Labute approximate surface area is 105 Å². The molecule has 1 aromatic heterocycles. The van der Waals surface area contributed by atoms with E-state index in [1.807, 2.05) is 24.7 Å². The Morgan fingerprint density at radius 1 is 1.12 bits per heavy atom. The summed E-state index contributed by atoms with van der Waals surface area (Å²) in [5.74, 6) is 0. The molecule has 2 aromatic rings. The van der Waals surface area contributed by atoms with Crippen LogP contribution in [-0.4, -0.2) is 6.21 Å². The molecule has 2 nitrogen and oxygen atoms in total. The number of fused-ring (bicyclic) bond motifs is 1. The lowest BCUT2D eigenvalue weighted by atomic mass is 10.2. The Balaban J connectivity index is 1.91. The Morgan fingerprint density at radius 3 is 2.88 bits per heavy atom. The summed E-state index contributed by atoms with van der Waals surface area (Å²) in [6, 6.07) is 12.6. The molecule has 2 heterocycles. The van der Waals surface area contributed by atoms with Crippen molar-refractivity contribution in [3.05, 3.63) is 64.6 Å². The first kappa shape index (κ1) is 10.3. The standard InChI is InChI=1S/C14H12N2S/c1-2-4-12(5-3-1)11-16-8-7-15-10-14-13(16)6-9-17-14/h1-10H,11H2. The van der Waals surface area contributed by atoms with Crippen molar-refractivity contribution in [2.24, 2.45) is 4.99 Å². The molecule has 17 heavy (non-hydrogen) atoms. The number of benzene rings is 1. The summed E-state index contributed by atoms with van der Waals surface area (Å²) in [5, 5.41) is 2.10. The van der Waals surface area contributed by atoms with Crippen molar-refractivity contribution in [2.75, 3.05) is 4.90 Å². The van der Waals surface area contributed by atoms with Crippen LogP contribution in [0.5, 0.6) is 0 Å². The van der Waals surface area contributed by atoms with E-state index in [1.54, 1.807) is 11.3 Å². The largest absolute Gasteiger partial charge is 0.341 e. The predicted octanol–water partition coefficient (Wildman–Crippen LogP) is 3.66. The minimum absolute atomic E-state index is 0.879. The van der Waals surface area contributed by atoms with Crippen LogP contribution >= 0.6 is 11.3 Å².